The second-order valence-corrected chi connectivity index (χ2v) is 21.1. The highest BCUT2D eigenvalue weighted by Crippen LogP contribution is 2.21. The van der Waals surface area contributed by atoms with Crippen molar-refractivity contribution in [2.45, 2.75) is 171 Å². The Morgan fingerprint density at radius 3 is 1.86 bits per heavy atom. The summed E-state index contributed by atoms with van der Waals surface area (Å²) in [6.07, 6.45) is 8.53. The minimum atomic E-state index is -1.53. The highest BCUT2D eigenvalue weighted by Gasteiger charge is 2.40. The molecule has 10 amide bonds. The van der Waals surface area contributed by atoms with E-state index >= 15 is 0 Å². The van der Waals surface area contributed by atoms with Gasteiger partial charge in [-0.25, -0.2) is 4.98 Å². The molecule has 0 radical (unpaired) electrons. The van der Waals surface area contributed by atoms with Gasteiger partial charge in [-0.1, -0.05) is 12.5 Å². The van der Waals surface area contributed by atoms with Crippen LogP contribution in [0.5, 0.6) is 0 Å². The first-order chi connectivity index (χ1) is 41.7. The zero-order chi connectivity index (χ0) is 64.7. The number of nitrogens with zero attached hydrogens (tertiary/aromatic N) is 3. The lowest BCUT2D eigenvalue weighted by Gasteiger charge is -2.30. The van der Waals surface area contributed by atoms with Gasteiger partial charge in [-0.2, -0.15) is 0 Å². The Morgan fingerprint density at radius 2 is 1.28 bits per heavy atom. The number of hydrogen-bond donors (Lipinski definition) is 20. The van der Waals surface area contributed by atoms with Gasteiger partial charge in [0.25, 0.3) is 5.91 Å². The Balaban J connectivity index is 2.33. The highest BCUT2D eigenvalue weighted by molar-refractivity contribution is 6.02. The number of H-pyrrole nitrogens is 1. The number of hydrogen-bond acceptors (Lipinski definition) is 20. The number of aromatic amines is 1. The number of aromatic nitrogens is 2. The molecule has 2 heterocycles. The number of aliphatic hydroxyl groups is 1. The summed E-state index contributed by atoms with van der Waals surface area (Å²) >= 11 is 0. The van der Waals surface area contributed by atoms with Crippen molar-refractivity contribution in [3.63, 3.8) is 0 Å². The summed E-state index contributed by atoms with van der Waals surface area (Å²) in [6, 6.07) is -9.59. The number of guanidine groups is 1. The van der Waals surface area contributed by atoms with E-state index in [0.717, 1.165) is 0 Å². The van der Waals surface area contributed by atoms with E-state index in [0.29, 0.717) is 96.1 Å². The van der Waals surface area contributed by atoms with Crippen molar-refractivity contribution < 1.29 is 53.1 Å². The van der Waals surface area contributed by atoms with Gasteiger partial charge in [-0.05, 0) is 143 Å². The van der Waals surface area contributed by atoms with Crippen molar-refractivity contribution in [1.82, 2.24) is 68.0 Å². The van der Waals surface area contributed by atoms with E-state index in [9.17, 15) is 53.1 Å². The van der Waals surface area contributed by atoms with E-state index in [-0.39, 0.29) is 82.8 Å². The summed E-state index contributed by atoms with van der Waals surface area (Å²) in [6.45, 7) is 2.31. The van der Waals surface area contributed by atoms with Crippen LogP contribution in [0.2, 0.25) is 0 Å². The number of nitrogens with one attached hydrogen (secondary N) is 11. The summed E-state index contributed by atoms with van der Waals surface area (Å²) in [7, 11) is 1.56. The molecule has 1 fully saturated rings. The van der Waals surface area contributed by atoms with Gasteiger partial charge in [0, 0.05) is 44.5 Å². The third kappa shape index (κ3) is 28.8. The predicted molar refractivity (Wildman–Crippen MR) is 325 cm³/mol. The molecule has 0 aromatic carbocycles. The Kier molecular flexibility index (Phi) is 37.6. The molecular weight excluding hydrogens is 1130 g/mol. The van der Waals surface area contributed by atoms with Crippen LogP contribution in [0.25, 0.3) is 0 Å². The second-order valence-electron chi connectivity index (χ2n) is 21.1. The third-order valence-corrected chi connectivity index (χ3v) is 14.1. The molecule has 33 nitrogen and oxygen atoms in total. The number of rotatable bonds is 45. The molecule has 2 rings (SSSR count). The number of imidazole rings is 1. The van der Waals surface area contributed by atoms with Crippen molar-refractivity contribution in [3.05, 3.63) is 30.0 Å². The lowest BCUT2D eigenvalue weighted by atomic mass is 10.0. The summed E-state index contributed by atoms with van der Waals surface area (Å²) in [5.74, 6) is -7.60. The first-order valence-electron chi connectivity index (χ1n) is 30.0. The normalized spacial score (nSPS) is 15.9. The Hall–Kier alpha value is -7.40. The maximum absolute atomic E-state index is 14.5. The van der Waals surface area contributed by atoms with Gasteiger partial charge >= 0.3 is 0 Å². The lowest BCUT2D eigenvalue weighted by molar-refractivity contribution is -0.142. The zero-order valence-electron chi connectivity index (χ0n) is 50.5. The van der Waals surface area contributed by atoms with Crippen LogP contribution in [-0.4, -0.2) is 212 Å². The number of likely N-dealkylation sites (N-methyl/N-ethyl adjacent to an activating group) is 1. The van der Waals surface area contributed by atoms with E-state index in [1.54, 1.807) is 7.05 Å². The molecule has 0 spiro atoms. The number of aliphatic hydroxyl groups excluding tert-OH is 1. The molecule has 87 heavy (non-hydrogen) atoms. The fourth-order valence-electron chi connectivity index (χ4n) is 9.19. The van der Waals surface area contributed by atoms with Crippen molar-refractivity contribution in [1.29, 1.82) is 0 Å². The fourth-order valence-corrected chi connectivity index (χ4v) is 9.19. The van der Waals surface area contributed by atoms with Gasteiger partial charge in [-0.3, -0.25) is 52.9 Å². The molecule has 0 aliphatic carbocycles. The predicted octanol–water partition coefficient (Wildman–Crippen LogP) is -7.46. The topological polar surface area (TPSA) is 564 Å². The Morgan fingerprint density at radius 1 is 0.678 bits per heavy atom. The number of likely N-dealkylation sites (tertiary alicyclic amines) is 1. The maximum Gasteiger partial charge on any atom is 0.268 e. The highest BCUT2D eigenvalue weighted by atomic mass is 16.3. The number of nitrogens with two attached hydrogens (primary N) is 8. The minimum Gasteiger partial charge on any atom is -0.389 e. The molecule has 9 atom stereocenters. The summed E-state index contributed by atoms with van der Waals surface area (Å²) in [5, 5.41) is 37.0. The molecule has 0 bridgehead atoms. The van der Waals surface area contributed by atoms with E-state index in [4.69, 9.17) is 45.9 Å². The quantitative estimate of drug-likeness (QED) is 0.0125. The first-order valence-corrected chi connectivity index (χ1v) is 30.0. The van der Waals surface area contributed by atoms with Crippen LogP contribution in [0.4, 0.5) is 0 Å². The van der Waals surface area contributed by atoms with Crippen LogP contribution in [0, 0.1) is 0 Å². The van der Waals surface area contributed by atoms with Crippen LogP contribution in [0.1, 0.15) is 115 Å². The van der Waals surface area contributed by atoms with Gasteiger partial charge in [0.2, 0.25) is 53.2 Å². The molecule has 28 N–H and O–H groups in total. The summed E-state index contributed by atoms with van der Waals surface area (Å²) < 4.78 is 0. The lowest BCUT2D eigenvalue weighted by Crippen LogP contribution is -2.60. The minimum absolute atomic E-state index is 0.0313. The monoisotopic (exact) mass is 1230 g/mol. The average Bonchev–Trinajstić information content (AvgIpc) is 4.06. The zero-order valence-corrected chi connectivity index (χ0v) is 50.5. The van der Waals surface area contributed by atoms with Crippen LogP contribution < -0.4 is 99.0 Å². The van der Waals surface area contributed by atoms with Crippen LogP contribution >= 0.6 is 0 Å². The molecule has 1 saturated heterocycles. The van der Waals surface area contributed by atoms with Gasteiger partial charge in [0.05, 0.1) is 25.0 Å². The third-order valence-electron chi connectivity index (χ3n) is 14.1. The van der Waals surface area contributed by atoms with Crippen LogP contribution in [-0.2, 0) is 54.4 Å². The average molecular weight is 1230 g/mol. The molecule has 1 aliphatic heterocycles. The number of unbranched alkanes of at least 4 members (excludes halogenated alkanes) is 4. The van der Waals surface area contributed by atoms with Gasteiger partial charge in [0.15, 0.2) is 5.96 Å². The molecule has 492 valence electrons. The fraction of sp³-hybridized carbons (Fsp3) is 0.704. The first kappa shape index (κ1) is 75.7. The number of carbonyl (C=O) groups is 10. The smallest absolute Gasteiger partial charge is 0.268 e. The van der Waals surface area contributed by atoms with E-state index in [1.165, 1.54) is 30.4 Å². The van der Waals surface area contributed by atoms with Crippen molar-refractivity contribution in [2.24, 2.45) is 50.9 Å². The van der Waals surface area contributed by atoms with Crippen molar-refractivity contribution in [2.75, 3.05) is 72.5 Å². The second kappa shape index (κ2) is 43.3. The Labute approximate surface area is 508 Å². The SMILES string of the molecule is CN[C@@H](CCCCN)C(=O)N[C@H](C(=O)N[C@@H](C)C(=O)NCC(=O)N[C@H](CCCN)C(=O)N1CCC[C@H]1C(=O)N[C@@H](Cc1cnc[nH]1)C(=O)N[C@@H](CCCCN)C(=O)N/C(=C\CCN=C(N)N)C(=O)N[C@@H](CCCCN)C(=O)NCCCCN)[C@@H](O)CN. The number of carbonyl (C=O) groups excluding carboxylic acids is 10. The number of amides is 10. The summed E-state index contributed by atoms with van der Waals surface area (Å²) in [5.41, 5.74) is 45.4. The standard InChI is InChI=1S/C54H100N22O11/c1-33(69-52(86)44(42(77)29-60)75-47(81)35(63-2)14-3-6-20-55)45(79)67-31-43(78)70-39(17-11-24-59)53(87)76-27-13-19-41(76)51(85)74-40(28-34-30-64-32-68-34)50(84)73-37(16-5-8-22-57)48(82)72-38(18-12-26-66-54(61)62)49(83)71-36(15-4-7-21-56)46(80)65-25-10-9-23-58/h18,30,32-33,35-37,39-42,44,63,77H,3-17,19-29,31,55-60H2,1-2H3,(H,64,68)(H,65,80)(H,67,79)(H,69,86)(H,70,78)(H,71,83)(H,72,82)(H,73,84)(H,74,85)(H,75,81)(H4,61,62,66)/b38-18-/t33-,35-,36-,37-,39+,40-,41-,42-,44-/m0/s1. The molecule has 1 aromatic rings. The molecule has 1 aliphatic rings. The molecule has 0 saturated carbocycles. The van der Waals surface area contributed by atoms with E-state index in [2.05, 4.69) is 68.1 Å². The van der Waals surface area contributed by atoms with Crippen LogP contribution in [0.3, 0.4) is 0 Å². The number of aliphatic imine (C=N–C) groups is 1. The molecule has 33 heteroatoms. The van der Waals surface area contributed by atoms with Crippen LogP contribution in [0.15, 0.2) is 29.3 Å². The van der Waals surface area contributed by atoms with E-state index in [1.807, 2.05) is 0 Å². The van der Waals surface area contributed by atoms with Gasteiger partial charge in [-0.15, -0.1) is 0 Å². The Bertz CT molecular complexity index is 2360. The van der Waals surface area contributed by atoms with Gasteiger partial charge in [0.1, 0.15) is 48.0 Å². The van der Waals surface area contributed by atoms with Crippen molar-refractivity contribution in [3.8, 4) is 0 Å². The summed E-state index contributed by atoms with van der Waals surface area (Å²) in [4.78, 5) is 150. The molecular formula is C54H100N22O11. The van der Waals surface area contributed by atoms with E-state index < -0.39 is 127 Å². The maximum atomic E-state index is 14.5. The largest absolute Gasteiger partial charge is 0.389 e. The molecule has 1 aromatic heterocycles. The van der Waals surface area contributed by atoms with Crippen molar-refractivity contribution >= 4 is 65.0 Å². The molecule has 0 unspecified atom stereocenters. The van der Waals surface area contributed by atoms with Gasteiger partial charge < -0.3 is 114 Å².